The van der Waals surface area contributed by atoms with Gasteiger partial charge in [-0.2, -0.15) is 0 Å². The minimum atomic E-state index is -0.225. The molecule has 1 aliphatic rings. The van der Waals surface area contributed by atoms with E-state index in [0.29, 0.717) is 13.2 Å². The number of methoxy groups -OCH3 is 1. The average Bonchev–Trinajstić information content (AvgIpc) is 2.58. The molecule has 2 amide bonds. The van der Waals surface area contributed by atoms with Crippen molar-refractivity contribution >= 4 is 6.03 Å². The lowest BCUT2D eigenvalue weighted by Crippen LogP contribution is -2.35. The first-order chi connectivity index (χ1) is 10.8. The lowest BCUT2D eigenvalue weighted by molar-refractivity contribution is 0.119. The Labute approximate surface area is 130 Å². The van der Waals surface area contributed by atoms with E-state index < -0.39 is 0 Å². The zero-order chi connectivity index (χ0) is 15.6. The van der Waals surface area contributed by atoms with Gasteiger partial charge in [-0.1, -0.05) is 0 Å². The molecule has 120 valence electrons. The number of nitrogens with one attached hydrogen (secondary N) is 2. The summed E-state index contributed by atoms with van der Waals surface area (Å²) in [6, 6.07) is 7.09. The van der Waals surface area contributed by atoms with Crippen molar-refractivity contribution < 1.29 is 19.0 Å². The maximum Gasteiger partial charge on any atom is 0.318 e. The second-order valence-corrected chi connectivity index (χ2v) is 4.84. The van der Waals surface area contributed by atoms with Gasteiger partial charge >= 0.3 is 6.03 Å². The van der Waals surface area contributed by atoms with Gasteiger partial charge in [0.25, 0.3) is 0 Å². The highest BCUT2D eigenvalue weighted by Crippen LogP contribution is 2.16. The topological polar surface area (TPSA) is 68.8 Å². The van der Waals surface area contributed by atoms with Gasteiger partial charge < -0.3 is 24.8 Å². The highest BCUT2D eigenvalue weighted by molar-refractivity contribution is 5.74. The summed E-state index contributed by atoms with van der Waals surface area (Å²) < 4.78 is 15.8. The first-order valence-corrected chi connectivity index (χ1v) is 7.35. The molecule has 1 heterocycles. The van der Waals surface area contributed by atoms with Crippen molar-refractivity contribution in [1.82, 2.24) is 10.6 Å². The Morgan fingerprint density at radius 3 is 2.59 bits per heavy atom. The molecular weight excluding hydrogens is 284 g/mol. The van der Waals surface area contributed by atoms with Crippen LogP contribution in [0.5, 0.6) is 11.5 Å². The Morgan fingerprint density at radius 1 is 1.23 bits per heavy atom. The van der Waals surface area contributed by atoms with E-state index in [0.717, 1.165) is 37.6 Å². The number of ether oxygens (including phenoxy) is 3. The second-order valence-electron chi connectivity index (χ2n) is 4.84. The molecule has 1 aromatic rings. The smallest absolute Gasteiger partial charge is 0.318 e. The normalized spacial score (nSPS) is 14.1. The van der Waals surface area contributed by atoms with Gasteiger partial charge in [0.2, 0.25) is 0 Å². The van der Waals surface area contributed by atoms with Crippen molar-refractivity contribution in [1.29, 1.82) is 0 Å². The molecule has 2 N–H and O–H groups in total. The summed E-state index contributed by atoms with van der Waals surface area (Å²) in [7, 11) is 1.62. The molecule has 22 heavy (non-hydrogen) atoms. The standard InChI is InChI=1S/C16H22N2O4/c1-20-14-2-4-15(5-3-14)22-11-8-17-16(19)18-12-13-6-9-21-10-7-13/h2-5,12H,6-11H2,1H3,(H2,17,18,19). The summed E-state index contributed by atoms with van der Waals surface area (Å²) in [6.45, 7) is 2.30. The van der Waals surface area contributed by atoms with Crippen molar-refractivity contribution in [3.8, 4) is 11.5 Å². The lowest BCUT2D eigenvalue weighted by Gasteiger charge is -2.14. The van der Waals surface area contributed by atoms with Crippen LogP contribution in [0.3, 0.4) is 0 Å². The Balaban J connectivity index is 1.60. The van der Waals surface area contributed by atoms with Gasteiger partial charge in [-0.3, -0.25) is 0 Å². The fourth-order valence-electron chi connectivity index (χ4n) is 2.00. The monoisotopic (exact) mass is 306 g/mol. The number of hydrogen-bond donors (Lipinski definition) is 2. The van der Waals surface area contributed by atoms with Gasteiger partial charge in [-0.15, -0.1) is 0 Å². The maximum absolute atomic E-state index is 11.6. The van der Waals surface area contributed by atoms with Crippen molar-refractivity contribution in [3.63, 3.8) is 0 Å². The number of rotatable bonds is 6. The van der Waals surface area contributed by atoms with Gasteiger partial charge in [-0.25, -0.2) is 4.79 Å². The molecule has 0 aromatic heterocycles. The van der Waals surface area contributed by atoms with E-state index in [9.17, 15) is 4.79 Å². The first-order valence-electron chi connectivity index (χ1n) is 7.35. The molecule has 6 heteroatoms. The quantitative estimate of drug-likeness (QED) is 0.790. The number of urea groups is 1. The number of amides is 2. The summed E-state index contributed by atoms with van der Waals surface area (Å²) in [4.78, 5) is 11.6. The largest absolute Gasteiger partial charge is 0.497 e. The molecule has 0 radical (unpaired) electrons. The molecule has 6 nitrogen and oxygen atoms in total. The molecule has 0 bridgehead atoms. The van der Waals surface area contributed by atoms with Crippen LogP contribution in [0, 0.1) is 0 Å². The van der Waals surface area contributed by atoms with Gasteiger partial charge in [0, 0.05) is 6.20 Å². The third-order valence-corrected chi connectivity index (χ3v) is 3.26. The van der Waals surface area contributed by atoms with Gasteiger partial charge in [0.15, 0.2) is 0 Å². The van der Waals surface area contributed by atoms with Crippen LogP contribution in [-0.4, -0.2) is 39.5 Å². The molecule has 1 aliphatic heterocycles. The Morgan fingerprint density at radius 2 is 1.91 bits per heavy atom. The summed E-state index contributed by atoms with van der Waals surface area (Å²) in [5.41, 5.74) is 1.20. The minimum absolute atomic E-state index is 0.225. The third-order valence-electron chi connectivity index (χ3n) is 3.26. The zero-order valence-electron chi connectivity index (χ0n) is 12.8. The Kier molecular flexibility index (Phi) is 6.57. The molecule has 0 atom stereocenters. The molecule has 1 fully saturated rings. The molecule has 0 saturated carbocycles. The molecule has 2 rings (SSSR count). The van der Waals surface area contributed by atoms with Crippen LogP contribution in [0.25, 0.3) is 0 Å². The van der Waals surface area contributed by atoms with E-state index in [4.69, 9.17) is 14.2 Å². The SMILES string of the molecule is COc1ccc(OCCNC(=O)NC=C2CCOCC2)cc1. The first kappa shape index (κ1) is 16.2. The number of benzene rings is 1. The van der Waals surface area contributed by atoms with Crippen molar-refractivity contribution in [3.05, 3.63) is 36.0 Å². The predicted molar refractivity (Wildman–Crippen MR) is 83.2 cm³/mol. The van der Waals surface area contributed by atoms with Crippen molar-refractivity contribution in [2.24, 2.45) is 0 Å². The molecule has 1 aromatic carbocycles. The van der Waals surface area contributed by atoms with E-state index in [-0.39, 0.29) is 6.03 Å². The zero-order valence-corrected chi connectivity index (χ0v) is 12.8. The second kappa shape index (κ2) is 8.94. The summed E-state index contributed by atoms with van der Waals surface area (Å²) in [6.07, 6.45) is 3.52. The highest BCUT2D eigenvalue weighted by atomic mass is 16.5. The molecular formula is C16H22N2O4. The highest BCUT2D eigenvalue weighted by Gasteiger charge is 2.05. The lowest BCUT2D eigenvalue weighted by atomic mass is 10.1. The van der Waals surface area contributed by atoms with E-state index >= 15 is 0 Å². The molecule has 0 unspecified atom stereocenters. The molecule has 0 aliphatic carbocycles. The van der Waals surface area contributed by atoms with E-state index in [1.54, 1.807) is 13.3 Å². The van der Waals surface area contributed by atoms with E-state index in [1.165, 1.54) is 5.57 Å². The predicted octanol–water partition coefficient (Wildman–Crippen LogP) is 2.07. The van der Waals surface area contributed by atoms with Crippen LogP contribution >= 0.6 is 0 Å². The van der Waals surface area contributed by atoms with Gasteiger partial charge in [-0.05, 0) is 42.7 Å². The number of carbonyl (C=O) groups is 1. The Hall–Kier alpha value is -2.21. The van der Waals surface area contributed by atoms with Gasteiger partial charge in [0.05, 0.1) is 26.9 Å². The summed E-state index contributed by atoms with van der Waals surface area (Å²) >= 11 is 0. The van der Waals surface area contributed by atoms with Crippen LogP contribution in [0.15, 0.2) is 36.0 Å². The van der Waals surface area contributed by atoms with E-state index in [2.05, 4.69) is 10.6 Å². The number of hydrogen-bond acceptors (Lipinski definition) is 4. The molecule has 0 spiro atoms. The van der Waals surface area contributed by atoms with E-state index in [1.807, 2.05) is 24.3 Å². The summed E-state index contributed by atoms with van der Waals surface area (Å²) in [5.74, 6) is 1.53. The van der Waals surface area contributed by atoms with Crippen LogP contribution in [0.2, 0.25) is 0 Å². The number of carbonyl (C=O) groups excluding carboxylic acids is 1. The Bertz CT molecular complexity index is 491. The van der Waals surface area contributed by atoms with Crippen LogP contribution in [0.4, 0.5) is 4.79 Å². The van der Waals surface area contributed by atoms with Gasteiger partial charge in [0.1, 0.15) is 18.1 Å². The third kappa shape index (κ3) is 5.65. The summed E-state index contributed by atoms with van der Waals surface area (Å²) in [5, 5.41) is 5.47. The molecule has 1 saturated heterocycles. The van der Waals surface area contributed by atoms with Crippen molar-refractivity contribution in [2.75, 3.05) is 33.5 Å². The van der Waals surface area contributed by atoms with Crippen LogP contribution < -0.4 is 20.1 Å². The van der Waals surface area contributed by atoms with Crippen LogP contribution in [0.1, 0.15) is 12.8 Å². The minimum Gasteiger partial charge on any atom is -0.497 e. The fourth-order valence-corrected chi connectivity index (χ4v) is 2.00. The van der Waals surface area contributed by atoms with Crippen molar-refractivity contribution in [2.45, 2.75) is 12.8 Å². The fraction of sp³-hybridized carbons (Fsp3) is 0.438. The maximum atomic E-state index is 11.6. The average molecular weight is 306 g/mol. The van der Waals surface area contributed by atoms with Crippen LogP contribution in [-0.2, 0) is 4.74 Å².